The van der Waals surface area contributed by atoms with Gasteiger partial charge in [-0.05, 0) is 55.4 Å². The van der Waals surface area contributed by atoms with E-state index in [4.69, 9.17) is 4.98 Å². The van der Waals surface area contributed by atoms with Crippen molar-refractivity contribution in [3.8, 4) is 11.3 Å². The normalized spacial score (nSPS) is 14.0. The van der Waals surface area contributed by atoms with Crippen molar-refractivity contribution in [2.24, 2.45) is 0 Å². The maximum Gasteiger partial charge on any atom is 0.253 e. The van der Waals surface area contributed by atoms with Gasteiger partial charge < -0.3 is 15.5 Å². The van der Waals surface area contributed by atoms with Gasteiger partial charge in [-0.15, -0.1) is 0 Å². The van der Waals surface area contributed by atoms with Gasteiger partial charge in [-0.2, -0.15) is 5.10 Å². The first kappa shape index (κ1) is 21.1. The predicted molar refractivity (Wildman–Crippen MR) is 129 cm³/mol. The number of aromatic nitrogens is 4. The van der Waals surface area contributed by atoms with E-state index in [0.29, 0.717) is 23.5 Å². The van der Waals surface area contributed by atoms with E-state index in [-0.39, 0.29) is 5.91 Å². The van der Waals surface area contributed by atoms with Crippen molar-refractivity contribution in [3.63, 3.8) is 0 Å². The molecule has 8 nitrogen and oxygen atoms in total. The molecule has 2 N–H and O–H groups in total. The highest BCUT2D eigenvalue weighted by Crippen LogP contribution is 2.26. The zero-order chi connectivity index (χ0) is 22.9. The number of hydrogen-bond acceptors (Lipinski definition) is 6. The minimum atomic E-state index is 0.0577. The number of pyridine rings is 1. The number of nitrogens with one attached hydrogen (secondary N) is 2. The summed E-state index contributed by atoms with van der Waals surface area (Å²) in [6, 6.07) is 13.8. The molecule has 0 aliphatic carbocycles. The van der Waals surface area contributed by atoms with Gasteiger partial charge in [-0.1, -0.05) is 13.8 Å². The summed E-state index contributed by atoms with van der Waals surface area (Å²) in [4.78, 5) is 23.4. The molecule has 1 aliphatic heterocycles. The fraction of sp³-hybridized carbons (Fsp3) is 0.280. The zero-order valence-electron chi connectivity index (χ0n) is 19.0. The van der Waals surface area contributed by atoms with Gasteiger partial charge in [-0.3, -0.25) is 4.79 Å². The quantitative estimate of drug-likeness (QED) is 0.474. The number of likely N-dealkylation sites (tertiary alicyclic amines) is 1. The Labute approximate surface area is 192 Å². The second kappa shape index (κ2) is 8.63. The number of likely N-dealkylation sites (N-methyl/N-ethyl adjacent to an activating group) is 1. The summed E-state index contributed by atoms with van der Waals surface area (Å²) in [5, 5.41) is 10.9. The summed E-state index contributed by atoms with van der Waals surface area (Å²) in [6.45, 7) is 5.83. The molecule has 0 spiro atoms. The van der Waals surface area contributed by atoms with Gasteiger partial charge in [0, 0.05) is 53.9 Å². The highest BCUT2D eigenvalue weighted by Gasteiger charge is 2.29. The fourth-order valence-corrected chi connectivity index (χ4v) is 4.02. The number of carbonyl (C=O) groups is 1. The molecule has 8 heteroatoms. The molecule has 1 aliphatic rings. The second-order valence-electron chi connectivity index (χ2n) is 8.66. The Kier molecular flexibility index (Phi) is 5.51. The molecule has 4 aromatic rings. The molecule has 3 aromatic heterocycles. The molecule has 1 fully saturated rings. The van der Waals surface area contributed by atoms with Gasteiger partial charge in [-0.25, -0.2) is 14.5 Å². The Morgan fingerprint density at radius 1 is 1.12 bits per heavy atom. The molecule has 0 atom stereocenters. The molecule has 168 valence electrons. The van der Waals surface area contributed by atoms with Crippen LogP contribution >= 0.6 is 0 Å². The number of fused-ring (bicyclic) bond motifs is 1. The molecule has 0 unspecified atom stereocenters. The summed E-state index contributed by atoms with van der Waals surface area (Å²) < 4.78 is 1.89. The predicted octanol–water partition coefficient (Wildman–Crippen LogP) is 3.70. The Balaban J connectivity index is 1.32. The highest BCUT2D eigenvalue weighted by molar-refractivity contribution is 5.95. The first-order chi connectivity index (χ1) is 16.0. The van der Waals surface area contributed by atoms with Crippen molar-refractivity contribution in [2.45, 2.75) is 25.8 Å². The molecule has 5 rings (SSSR count). The average molecular weight is 442 g/mol. The maximum absolute atomic E-state index is 12.5. The zero-order valence-corrected chi connectivity index (χ0v) is 19.0. The third-order valence-electron chi connectivity index (χ3n) is 6.09. The minimum absolute atomic E-state index is 0.0577. The van der Waals surface area contributed by atoms with Gasteiger partial charge in [0.15, 0.2) is 0 Å². The molecular formula is C25H27N7O. The number of anilines is 2. The van der Waals surface area contributed by atoms with Crippen molar-refractivity contribution in [2.75, 3.05) is 25.5 Å². The smallest absolute Gasteiger partial charge is 0.253 e. The number of amides is 1. The summed E-state index contributed by atoms with van der Waals surface area (Å²) >= 11 is 0. The van der Waals surface area contributed by atoms with Crippen LogP contribution in [0.5, 0.6) is 0 Å². The molecule has 1 aromatic carbocycles. The molecule has 0 radical (unpaired) electrons. The third kappa shape index (κ3) is 4.17. The van der Waals surface area contributed by atoms with E-state index in [2.05, 4.69) is 40.6 Å². The van der Waals surface area contributed by atoms with E-state index >= 15 is 0 Å². The van der Waals surface area contributed by atoms with E-state index in [1.165, 1.54) is 5.56 Å². The summed E-state index contributed by atoms with van der Waals surface area (Å²) in [5.74, 6) is 0.951. The number of rotatable bonds is 6. The lowest BCUT2D eigenvalue weighted by Crippen LogP contribution is -2.58. The van der Waals surface area contributed by atoms with E-state index in [1.807, 2.05) is 65.3 Å². The molecule has 1 amide bonds. The van der Waals surface area contributed by atoms with Gasteiger partial charge in [0.25, 0.3) is 5.91 Å². The number of benzene rings is 1. The van der Waals surface area contributed by atoms with E-state index in [1.54, 1.807) is 6.20 Å². The molecular weight excluding hydrogens is 414 g/mol. The monoisotopic (exact) mass is 441 g/mol. The molecule has 4 heterocycles. The summed E-state index contributed by atoms with van der Waals surface area (Å²) in [7, 11) is 1.92. The summed E-state index contributed by atoms with van der Waals surface area (Å²) in [5.41, 5.74) is 5.63. The molecule has 33 heavy (non-hydrogen) atoms. The number of nitrogens with zero attached hydrogens (tertiary/aromatic N) is 5. The highest BCUT2D eigenvalue weighted by atomic mass is 16.2. The Hall–Kier alpha value is -3.78. The van der Waals surface area contributed by atoms with Crippen LogP contribution < -0.4 is 10.6 Å². The number of carbonyl (C=O) groups excluding carboxylic acids is 1. The topological polar surface area (TPSA) is 87.5 Å². The van der Waals surface area contributed by atoms with Gasteiger partial charge in [0.2, 0.25) is 5.95 Å². The van der Waals surface area contributed by atoms with Crippen LogP contribution in [0.15, 0.2) is 61.1 Å². The van der Waals surface area contributed by atoms with Crippen LogP contribution in [-0.4, -0.2) is 56.6 Å². The van der Waals surface area contributed by atoms with Crippen LogP contribution in [0, 0.1) is 0 Å². The molecule has 1 saturated heterocycles. The lowest BCUT2D eigenvalue weighted by atomic mass is 10.0. The van der Waals surface area contributed by atoms with E-state index in [9.17, 15) is 4.79 Å². The van der Waals surface area contributed by atoms with Crippen molar-refractivity contribution >= 4 is 23.1 Å². The van der Waals surface area contributed by atoms with Crippen LogP contribution in [0.2, 0.25) is 0 Å². The fourth-order valence-electron chi connectivity index (χ4n) is 4.02. The maximum atomic E-state index is 12.5. The van der Waals surface area contributed by atoms with Crippen LogP contribution in [0.1, 0.15) is 35.7 Å². The van der Waals surface area contributed by atoms with Crippen molar-refractivity contribution in [3.05, 3.63) is 72.2 Å². The lowest BCUT2D eigenvalue weighted by molar-refractivity contribution is 0.0577. The van der Waals surface area contributed by atoms with E-state index < -0.39 is 0 Å². The summed E-state index contributed by atoms with van der Waals surface area (Å²) in [6.07, 6.45) is 5.62. The first-order valence-corrected chi connectivity index (χ1v) is 11.2. The van der Waals surface area contributed by atoms with Crippen LogP contribution in [-0.2, 0) is 0 Å². The third-order valence-corrected chi connectivity index (χ3v) is 6.09. The van der Waals surface area contributed by atoms with Crippen LogP contribution in [0.4, 0.5) is 11.6 Å². The van der Waals surface area contributed by atoms with Gasteiger partial charge in [0.05, 0.1) is 17.4 Å². The second-order valence-corrected chi connectivity index (χ2v) is 8.66. The average Bonchev–Trinajstić information content (AvgIpc) is 3.23. The molecule has 0 saturated carbocycles. The van der Waals surface area contributed by atoms with Crippen LogP contribution in [0.3, 0.4) is 0 Å². The van der Waals surface area contributed by atoms with Crippen molar-refractivity contribution in [1.82, 2.24) is 29.8 Å². The first-order valence-electron chi connectivity index (χ1n) is 11.2. The Morgan fingerprint density at radius 3 is 2.64 bits per heavy atom. The Morgan fingerprint density at radius 2 is 1.91 bits per heavy atom. The van der Waals surface area contributed by atoms with Gasteiger partial charge in [0.1, 0.15) is 0 Å². The number of hydrogen-bond donors (Lipinski definition) is 2. The van der Waals surface area contributed by atoms with Crippen LogP contribution in [0.25, 0.3) is 16.8 Å². The van der Waals surface area contributed by atoms with Crippen molar-refractivity contribution in [1.29, 1.82) is 0 Å². The Bertz CT molecular complexity index is 1290. The SMILES string of the molecule is CNC1CN(C(=O)c2ccc(Nc3nccc(-c4ccn5ncc(C(C)C)c5c4)n3)cc2)C1. The lowest BCUT2D eigenvalue weighted by Gasteiger charge is -2.39. The molecule has 0 bridgehead atoms. The van der Waals surface area contributed by atoms with Crippen molar-refractivity contribution < 1.29 is 4.79 Å². The standard InChI is InChI=1S/C25H27N7O/c1-16(2)21-13-28-32-11-9-18(12-23(21)32)22-8-10-27-25(30-22)29-19-6-4-17(5-7-19)24(33)31-14-20(15-31)26-3/h4-13,16,20,26H,14-15H2,1-3H3,(H,27,29,30). The largest absolute Gasteiger partial charge is 0.335 e. The van der Waals surface area contributed by atoms with E-state index in [0.717, 1.165) is 35.6 Å². The minimum Gasteiger partial charge on any atom is -0.335 e. The van der Waals surface area contributed by atoms with Gasteiger partial charge >= 0.3 is 0 Å².